The molecule has 2 amide bonds. The lowest BCUT2D eigenvalue weighted by atomic mass is 10.2. The predicted octanol–water partition coefficient (Wildman–Crippen LogP) is 5.55. The lowest BCUT2D eigenvalue weighted by Gasteiger charge is -2.12. The van der Waals surface area contributed by atoms with Crippen LogP contribution in [0, 0.1) is 13.8 Å². The number of rotatable bonds is 8. The van der Waals surface area contributed by atoms with Crippen molar-refractivity contribution >= 4 is 48.8 Å². The summed E-state index contributed by atoms with van der Waals surface area (Å²) < 4.78 is 55.7. The van der Waals surface area contributed by atoms with Crippen LogP contribution in [0.2, 0.25) is 0 Å². The molecule has 0 fully saturated rings. The van der Waals surface area contributed by atoms with Crippen LogP contribution < -0.4 is 20.1 Å². The minimum absolute atomic E-state index is 0.122. The maximum Gasteiger partial charge on any atom is 0.323 e. The van der Waals surface area contributed by atoms with Gasteiger partial charge in [-0.25, -0.2) is 21.6 Å². The van der Waals surface area contributed by atoms with Crippen LogP contribution in [0.1, 0.15) is 11.1 Å². The molecule has 0 unspecified atom stereocenters. The van der Waals surface area contributed by atoms with Gasteiger partial charge in [-0.2, -0.15) is 0 Å². The average molecular weight is 551 g/mol. The van der Waals surface area contributed by atoms with Crippen LogP contribution in [0.15, 0.2) is 107 Å². The Morgan fingerprint density at radius 2 is 0.868 bits per heavy atom. The van der Waals surface area contributed by atoms with Crippen molar-refractivity contribution in [3.05, 3.63) is 108 Å². The molecule has 4 N–H and O–H groups in total. The predicted molar refractivity (Wildman–Crippen MR) is 150 cm³/mol. The zero-order valence-electron chi connectivity index (χ0n) is 20.6. The fourth-order valence-electron chi connectivity index (χ4n) is 3.48. The number of anilines is 4. The molecule has 4 aromatic carbocycles. The summed E-state index contributed by atoms with van der Waals surface area (Å²) in [5, 5.41) is 5.28. The Bertz CT molecular complexity index is 1540. The van der Waals surface area contributed by atoms with Crippen LogP contribution in [0.3, 0.4) is 0 Å². The van der Waals surface area contributed by atoms with Crippen LogP contribution in [0.4, 0.5) is 27.5 Å². The highest BCUT2D eigenvalue weighted by molar-refractivity contribution is 7.93. The first kappa shape index (κ1) is 26.7. The van der Waals surface area contributed by atoms with Gasteiger partial charge in [-0.1, -0.05) is 47.5 Å². The summed E-state index contributed by atoms with van der Waals surface area (Å²) in [5.74, 6) is 0. The molecule has 0 aliphatic carbocycles. The monoisotopic (exact) mass is 550 g/mol. The number of hydrogen-bond donors (Lipinski definition) is 4. The van der Waals surface area contributed by atoms with Crippen molar-refractivity contribution in [3.63, 3.8) is 0 Å². The molecule has 0 radical (unpaired) electrons. The van der Waals surface area contributed by atoms with Gasteiger partial charge in [0.25, 0.3) is 20.0 Å². The molecular weight excluding hydrogens is 524 g/mol. The van der Waals surface area contributed by atoms with Gasteiger partial charge in [0.05, 0.1) is 21.2 Å². The molecular formula is C27H26N4O5S2. The standard InChI is InChI=1S/C27H26N4O5S2/c1-19-9-13-25(14-10-19)37(33,34)30-23-7-3-5-21(17-23)28-27(32)29-22-6-4-8-24(18-22)31-38(35,36)26-15-11-20(2)12-16-26/h3-18,30-31H,1-2H3,(H2,28,29,32). The molecule has 0 aliphatic rings. The number of amides is 2. The SMILES string of the molecule is Cc1ccc(S(=O)(=O)Nc2cccc(NC(=O)Nc3cccc(NS(=O)(=O)c4ccc(C)cc4)c3)c2)cc1. The largest absolute Gasteiger partial charge is 0.323 e. The fourth-order valence-corrected chi connectivity index (χ4v) is 5.58. The third-order valence-corrected chi connectivity index (χ3v) is 8.20. The maximum absolute atomic E-state index is 12.7. The van der Waals surface area contributed by atoms with Crippen LogP contribution in [0.5, 0.6) is 0 Å². The number of carbonyl (C=O) groups excluding carboxylic acids is 1. The van der Waals surface area contributed by atoms with E-state index in [4.69, 9.17) is 0 Å². The smallest absolute Gasteiger partial charge is 0.308 e. The third kappa shape index (κ3) is 6.90. The van der Waals surface area contributed by atoms with Crippen molar-refractivity contribution in [1.82, 2.24) is 0 Å². The summed E-state index contributed by atoms with van der Waals surface area (Å²) in [6, 6.07) is 24.8. The van der Waals surface area contributed by atoms with Crippen molar-refractivity contribution in [1.29, 1.82) is 0 Å². The van der Waals surface area contributed by atoms with E-state index in [1.165, 1.54) is 36.4 Å². The van der Waals surface area contributed by atoms with Gasteiger partial charge >= 0.3 is 6.03 Å². The molecule has 38 heavy (non-hydrogen) atoms. The molecule has 0 heterocycles. The Hall–Kier alpha value is -4.35. The second-order valence-corrected chi connectivity index (χ2v) is 11.9. The number of benzene rings is 4. The summed E-state index contributed by atoms with van der Waals surface area (Å²) in [6.07, 6.45) is 0. The second kappa shape index (κ2) is 11.0. The van der Waals surface area contributed by atoms with Crippen molar-refractivity contribution < 1.29 is 21.6 Å². The van der Waals surface area contributed by atoms with Crippen molar-refractivity contribution in [2.45, 2.75) is 23.6 Å². The van der Waals surface area contributed by atoms with Gasteiger partial charge in [0.2, 0.25) is 0 Å². The van der Waals surface area contributed by atoms with E-state index < -0.39 is 26.1 Å². The van der Waals surface area contributed by atoms with E-state index in [1.807, 2.05) is 13.8 Å². The third-order valence-electron chi connectivity index (χ3n) is 5.41. The Morgan fingerprint density at radius 3 is 1.24 bits per heavy atom. The normalized spacial score (nSPS) is 11.4. The summed E-state index contributed by atoms with van der Waals surface area (Å²) in [5.41, 5.74) is 3.13. The van der Waals surface area contributed by atoms with Crippen molar-refractivity contribution in [2.24, 2.45) is 0 Å². The zero-order chi connectivity index (χ0) is 27.3. The highest BCUT2D eigenvalue weighted by atomic mass is 32.2. The summed E-state index contributed by atoms with van der Waals surface area (Å²) >= 11 is 0. The molecule has 9 nitrogen and oxygen atoms in total. The van der Waals surface area contributed by atoms with Gasteiger partial charge in [0.1, 0.15) is 0 Å². The summed E-state index contributed by atoms with van der Waals surface area (Å²) in [6.45, 7) is 3.73. The summed E-state index contributed by atoms with van der Waals surface area (Å²) in [4.78, 5) is 12.8. The van der Waals surface area contributed by atoms with Gasteiger partial charge in [0.15, 0.2) is 0 Å². The summed E-state index contributed by atoms with van der Waals surface area (Å²) in [7, 11) is -7.60. The number of sulfonamides is 2. The van der Waals surface area contributed by atoms with Crippen LogP contribution in [-0.4, -0.2) is 22.9 Å². The van der Waals surface area contributed by atoms with Crippen LogP contribution in [-0.2, 0) is 20.0 Å². The number of carbonyl (C=O) groups is 1. The molecule has 0 aromatic heterocycles. The molecule has 4 rings (SSSR count). The van der Waals surface area contributed by atoms with Gasteiger partial charge in [-0.3, -0.25) is 9.44 Å². The fraction of sp³-hybridized carbons (Fsp3) is 0.0741. The Balaban J connectivity index is 1.41. The van der Waals surface area contributed by atoms with Gasteiger partial charge in [-0.05, 0) is 74.5 Å². The molecule has 0 saturated heterocycles. The van der Waals surface area contributed by atoms with E-state index in [2.05, 4.69) is 20.1 Å². The first-order valence-corrected chi connectivity index (χ1v) is 14.4. The van der Waals surface area contributed by atoms with E-state index in [-0.39, 0.29) is 21.2 Å². The van der Waals surface area contributed by atoms with Gasteiger partial charge in [-0.15, -0.1) is 0 Å². The highest BCUT2D eigenvalue weighted by Crippen LogP contribution is 2.22. The van der Waals surface area contributed by atoms with E-state index in [0.29, 0.717) is 11.4 Å². The molecule has 0 bridgehead atoms. The molecule has 0 atom stereocenters. The second-order valence-electron chi connectivity index (χ2n) is 8.58. The lowest BCUT2D eigenvalue weighted by Crippen LogP contribution is -2.20. The number of aryl methyl sites for hydroxylation is 2. The zero-order valence-corrected chi connectivity index (χ0v) is 22.2. The number of urea groups is 1. The minimum Gasteiger partial charge on any atom is -0.308 e. The Labute approximate surface area is 222 Å². The average Bonchev–Trinajstić information content (AvgIpc) is 2.84. The van der Waals surface area contributed by atoms with Gasteiger partial charge in [0, 0.05) is 11.4 Å². The van der Waals surface area contributed by atoms with Crippen LogP contribution in [0.25, 0.3) is 0 Å². The van der Waals surface area contributed by atoms with Gasteiger partial charge < -0.3 is 10.6 Å². The Morgan fingerprint density at radius 1 is 0.526 bits per heavy atom. The molecule has 196 valence electrons. The van der Waals surface area contributed by atoms with Crippen molar-refractivity contribution in [3.8, 4) is 0 Å². The highest BCUT2D eigenvalue weighted by Gasteiger charge is 2.16. The first-order chi connectivity index (χ1) is 18.0. The van der Waals surface area contributed by atoms with E-state index in [0.717, 1.165) is 11.1 Å². The molecule has 0 saturated carbocycles. The van der Waals surface area contributed by atoms with Crippen molar-refractivity contribution in [2.75, 3.05) is 20.1 Å². The maximum atomic E-state index is 12.7. The number of hydrogen-bond acceptors (Lipinski definition) is 5. The minimum atomic E-state index is -3.80. The quantitative estimate of drug-likeness (QED) is 0.228. The van der Waals surface area contributed by atoms with E-state index >= 15 is 0 Å². The van der Waals surface area contributed by atoms with E-state index in [9.17, 15) is 21.6 Å². The Kier molecular flexibility index (Phi) is 7.70. The topological polar surface area (TPSA) is 133 Å². The number of nitrogens with one attached hydrogen (secondary N) is 4. The molecule has 4 aromatic rings. The molecule has 11 heteroatoms. The molecule has 0 aliphatic heterocycles. The van der Waals surface area contributed by atoms with Crippen LogP contribution >= 0.6 is 0 Å². The first-order valence-electron chi connectivity index (χ1n) is 11.5. The van der Waals surface area contributed by atoms with E-state index in [1.54, 1.807) is 60.7 Å². The lowest BCUT2D eigenvalue weighted by molar-refractivity contribution is 0.262. The molecule has 0 spiro atoms.